The average Bonchev–Trinajstić information content (AvgIpc) is 3.14. The van der Waals surface area contributed by atoms with Gasteiger partial charge >= 0.3 is 6.03 Å². The number of phenolic OH excluding ortho intramolecular Hbond substituents is 1. The van der Waals surface area contributed by atoms with Gasteiger partial charge in [0.2, 0.25) is 0 Å². The van der Waals surface area contributed by atoms with Gasteiger partial charge in [0, 0.05) is 11.4 Å². The Hall–Kier alpha value is -3.58. The van der Waals surface area contributed by atoms with Gasteiger partial charge in [-0.05, 0) is 54.6 Å². The molecule has 0 saturated carbocycles. The monoisotopic (exact) mass is 391 g/mol. The van der Waals surface area contributed by atoms with Crippen LogP contribution < -0.4 is 15.4 Å². The molecular weight excluding hydrogens is 374 g/mol. The molecule has 0 aliphatic rings. The van der Waals surface area contributed by atoms with Gasteiger partial charge in [-0.2, -0.15) is 0 Å². The second kappa shape index (κ2) is 7.58. The lowest BCUT2D eigenvalue weighted by atomic mass is 10.2. The van der Waals surface area contributed by atoms with E-state index in [1.54, 1.807) is 49.6 Å². The average molecular weight is 391 g/mol. The zero-order chi connectivity index (χ0) is 19.5. The standard InChI is InChI=1S/C21H17N3O3S/c1-27-15-9-6-13(7-10-15)22-21(26)23-14-8-11-18(25)16(12-14)20-24-17-4-2-3-5-19(17)28-20/h2-12,25H,1H3,(H2,22,23,26). The van der Waals surface area contributed by atoms with Gasteiger partial charge in [-0.1, -0.05) is 12.1 Å². The third-order valence-electron chi connectivity index (χ3n) is 4.13. The number of methoxy groups -OCH3 is 1. The summed E-state index contributed by atoms with van der Waals surface area (Å²) in [6.45, 7) is 0. The fourth-order valence-electron chi connectivity index (χ4n) is 2.74. The van der Waals surface area contributed by atoms with Crippen molar-refractivity contribution in [2.45, 2.75) is 0 Å². The molecule has 6 nitrogen and oxygen atoms in total. The highest BCUT2D eigenvalue weighted by molar-refractivity contribution is 7.21. The Labute approximate surface area is 165 Å². The number of hydrogen-bond donors (Lipinski definition) is 3. The Morgan fingerprint density at radius 1 is 1.00 bits per heavy atom. The van der Waals surface area contributed by atoms with Crippen molar-refractivity contribution in [2.24, 2.45) is 0 Å². The third-order valence-corrected chi connectivity index (χ3v) is 5.20. The molecule has 7 heteroatoms. The van der Waals surface area contributed by atoms with Gasteiger partial charge in [0.25, 0.3) is 0 Å². The Bertz CT molecular complexity index is 1110. The summed E-state index contributed by atoms with van der Waals surface area (Å²) in [5.74, 6) is 0.824. The zero-order valence-corrected chi connectivity index (χ0v) is 15.8. The van der Waals surface area contributed by atoms with Crippen LogP contribution >= 0.6 is 11.3 Å². The Morgan fingerprint density at radius 2 is 1.71 bits per heavy atom. The van der Waals surface area contributed by atoms with Crippen LogP contribution in [0, 0.1) is 0 Å². The van der Waals surface area contributed by atoms with Crippen molar-refractivity contribution in [3.8, 4) is 22.1 Å². The predicted molar refractivity (Wildman–Crippen MR) is 112 cm³/mol. The van der Waals surface area contributed by atoms with E-state index in [1.807, 2.05) is 24.3 Å². The highest BCUT2D eigenvalue weighted by Gasteiger charge is 2.12. The van der Waals surface area contributed by atoms with Crippen molar-refractivity contribution in [1.82, 2.24) is 4.98 Å². The van der Waals surface area contributed by atoms with Gasteiger partial charge in [0.05, 0.1) is 22.9 Å². The summed E-state index contributed by atoms with van der Waals surface area (Å²) in [6, 6.07) is 19.3. The summed E-state index contributed by atoms with van der Waals surface area (Å²) in [5, 5.41) is 16.5. The van der Waals surface area contributed by atoms with Gasteiger partial charge < -0.3 is 20.5 Å². The normalized spacial score (nSPS) is 10.6. The lowest BCUT2D eigenvalue weighted by Gasteiger charge is -2.10. The van der Waals surface area contributed by atoms with Crippen LogP contribution in [0.25, 0.3) is 20.8 Å². The fourth-order valence-corrected chi connectivity index (χ4v) is 3.73. The summed E-state index contributed by atoms with van der Waals surface area (Å²) >= 11 is 1.49. The molecule has 3 aromatic carbocycles. The number of nitrogens with zero attached hydrogens (tertiary/aromatic N) is 1. The first-order valence-corrected chi connectivity index (χ1v) is 9.35. The fraction of sp³-hybridized carbons (Fsp3) is 0.0476. The first-order valence-electron chi connectivity index (χ1n) is 8.53. The second-order valence-electron chi connectivity index (χ2n) is 6.03. The van der Waals surface area contributed by atoms with Crippen LogP contribution in [0.2, 0.25) is 0 Å². The molecule has 0 unspecified atom stereocenters. The van der Waals surface area contributed by atoms with E-state index in [9.17, 15) is 9.90 Å². The molecule has 4 rings (SSSR count). The third kappa shape index (κ3) is 3.74. The maximum Gasteiger partial charge on any atom is 0.323 e. The number of urea groups is 1. The maximum absolute atomic E-state index is 12.3. The SMILES string of the molecule is COc1ccc(NC(=O)Nc2ccc(O)c(-c3nc4ccccc4s3)c2)cc1. The number of carbonyl (C=O) groups excluding carboxylic acids is 1. The van der Waals surface area contributed by atoms with Crippen molar-refractivity contribution >= 4 is 39.0 Å². The number of thiazole rings is 1. The first-order chi connectivity index (χ1) is 13.6. The van der Waals surface area contributed by atoms with E-state index >= 15 is 0 Å². The first kappa shape index (κ1) is 17.8. The molecule has 28 heavy (non-hydrogen) atoms. The molecule has 3 N–H and O–H groups in total. The molecule has 0 spiro atoms. The summed E-state index contributed by atoms with van der Waals surface area (Å²) in [4.78, 5) is 16.8. The van der Waals surface area contributed by atoms with E-state index in [-0.39, 0.29) is 11.8 Å². The van der Waals surface area contributed by atoms with Crippen LogP contribution in [0.5, 0.6) is 11.5 Å². The molecule has 0 bridgehead atoms. The minimum absolute atomic E-state index is 0.111. The van der Waals surface area contributed by atoms with Gasteiger partial charge in [0.1, 0.15) is 16.5 Å². The minimum atomic E-state index is -0.383. The summed E-state index contributed by atoms with van der Waals surface area (Å²) in [5.41, 5.74) is 2.64. The highest BCUT2D eigenvalue weighted by Crippen LogP contribution is 2.36. The number of fused-ring (bicyclic) bond motifs is 1. The van der Waals surface area contributed by atoms with Crippen LogP contribution in [0.15, 0.2) is 66.7 Å². The molecule has 0 saturated heterocycles. The van der Waals surface area contributed by atoms with Gasteiger partial charge in [-0.3, -0.25) is 0 Å². The van der Waals surface area contributed by atoms with Gasteiger partial charge in [-0.15, -0.1) is 11.3 Å². The number of para-hydroxylation sites is 1. The van der Waals surface area contributed by atoms with Gasteiger partial charge in [0.15, 0.2) is 0 Å². The molecule has 0 radical (unpaired) electrons. The lowest BCUT2D eigenvalue weighted by molar-refractivity contribution is 0.262. The molecule has 1 heterocycles. The molecule has 0 atom stereocenters. The molecule has 4 aromatic rings. The topological polar surface area (TPSA) is 83.5 Å². The van der Waals surface area contributed by atoms with E-state index in [0.29, 0.717) is 27.7 Å². The van der Waals surface area contributed by atoms with Crippen molar-refractivity contribution in [3.05, 3.63) is 66.7 Å². The van der Waals surface area contributed by atoms with Crippen LogP contribution in [0.1, 0.15) is 0 Å². The van der Waals surface area contributed by atoms with E-state index in [0.717, 1.165) is 10.2 Å². The van der Waals surface area contributed by atoms with Crippen molar-refractivity contribution in [2.75, 3.05) is 17.7 Å². The van der Waals surface area contributed by atoms with Crippen LogP contribution in [-0.4, -0.2) is 23.2 Å². The molecule has 140 valence electrons. The van der Waals surface area contributed by atoms with Crippen LogP contribution in [0.4, 0.5) is 16.2 Å². The molecule has 0 aliphatic carbocycles. The van der Waals surface area contributed by atoms with Crippen molar-refractivity contribution in [3.63, 3.8) is 0 Å². The number of aromatic hydroxyl groups is 1. The van der Waals surface area contributed by atoms with Crippen LogP contribution in [0.3, 0.4) is 0 Å². The van der Waals surface area contributed by atoms with E-state index < -0.39 is 0 Å². The largest absolute Gasteiger partial charge is 0.507 e. The number of hydrogen-bond acceptors (Lipinski definition) is 5. The van der Waals surface area contributed by atoms with E-state index in [2.05, 4.69) is 15.6 Å². The lowest BCUT2D eigenvalue weighted by Crippen LogP contribution is -2.19. The van der Waals surface area contributed by atoms with Crippen LogP contribution in [-0.2, 0) is 0 Å². The second-order valence-corrected chi connectivity index (χ2v) is 7.06. The maximum atomic E-state index is 12.3. The van der Waals surface area contributed by atoms with E-state index in [1.165, 1.54) is 11.3 Å². The Balaban J connectivity index is 1.53. The summed E-state index contributed by atoms with van der Waals surface area (Å²) in [7, 11) is 1.59. The molecule has 2 amide bonds. The number of benzene rings is 3. The molecule has 1 aromatic heterocycles. The number of phenols is 1. The number of amides is 2. The van der Waals surface area contributed by atoms with E-state index in [4.69, 9.17) is 4.74 Å². The molecule has 0 aliphatic heterocycles. The number of nitrogens with one attached hydrogen (secondary N) is 2. The Morgan fingerprint density at radius 3 is 2.46 bits per heavy atom. The predicted octanol–water partition coefficient (Wildman–Crippen LogP) is 5.32. The minimum Gasteiger partial charge on any atom is -0.507 e. The smallest absolute Gasteiger partial charge is 0.323 e. The zero-order valence-electron chi connectivity index (χ0n) is 15.0. The number of aromatic nitrogens is 1. The number of carbonyl (C=O) groups is 1. The van der Waals surface area contributed by atoms with Gasteiger partial charge in [-0.25, -0.2) is 9.78 Å². The summed E-state index contributed by atoms with van der Waals surface area (Å²) < 4.78 is 6.14. The Kier molecular flexibility index (Phi) is 4.82. The molecule has 0 fully saturated rings. The summed E-state index contributed by atoms with van der Waals surface area (Å²) in [6.07, 6.45) is 0. The molecular formula is C21H17N3O3S. The van der Waals surface area contributed by atoms with Crippen molar-refractivity contribution in [1.29, 1.82) is 0 Å². The number of ether oxygens (including phenoxy) is 1. The number of rotatable bonds is 4. The van der Waals surface area contributed by atoms with Crippen molar-refractivity contribution < 1.29 is 14.6 Å². The quantitative estimate of drug-likeness (QED) is 0.411. The number of anilines is 2. The highest BCUT2D eigenvalue weighted by atomic mass is 32.1.